The first-order valence-electron chi connectivity index (χ1n) is 8.27. The smallest absolute Gasteiger partial charge is 0.192 e. The Labute approximate surface area is 125 Å². The Hall–Kier alpha value is -0.153. The largest absolute Gasteiger partial charge is 0.413 e. The molecule has 0 bridgehead atoms. The number of Topliss-reactive ketones (excluding diaryl/α,β-unsaturated/α-hetero) is 1. The third kappa shape index (κ3) is 2.89. The number of ketones is 1. The lowest BCUT2D eigenvalue weighted by Crippen LogP contribution is -2.53. The quantitative estimate of drug-likeness (QED) is 0.675. The number of rotatable bonds is 2. The topological polar surface area (TPSA) is 26.3 Å². The number of carbonyl (C=O) groups is 1. The molecule has 2 saturated carbocycles. The van der Waals surface area contributed by atoms with E-state index in [-0.39, 0.29) is 22.5 Å². The summed E-state index contributed by atoms with van der Waals surface area (Å²) in [6.07, 6.45) is 6.76. The fourth-order valence-electron chi connectivity index (χ4n) is 3.86. The summed E-state index contributed by atoms with van der Waals surface area (Å²) >= 11 is 0. The third-order valence-electron chi connectivity index (χ3n) is 6.13. The maximum absolute atomic E-state index is 12.5. The summed E-state index contributed by atoms with van der Waals surface area (Å²) in [7, 11) is -1.78. The lowest BCUT2D eigenvalue weighted by Gasteiger charge is -2.51. The molecule has 0 spiro atoms. The van der Waals surface area contributed by atoms with E-state index < -0.39 is 8.32 Å². The van der Waals surface area contributed by atoms with Crippen molar-refractivity contribution < 1.29 is 9.22 Å². The van der Waals surface area contributed by atoms with E-state index in [4.69, 9.17) is 4.43 Å². The average molecular weight is 297 g/mol. The van der Waals surface area contributed by atoms with Gasteiger partial charge in [0.15, 0.2) is 8.32 Å². The molecule has 0 heterocycles. The van der Waals surface area contributed by atoms with Gasteiger partial charge < -0.3 is 4.43 Å². The van der Waals surface area contributed by atoms with E-state index in [1.165, 1.54) is 19.3 Å². The number of fused-ring (bicyclic) bond motifs is 1. The van der Waals surface area contributed by atoms with Gasteiger partial charge in [-0.3, -0.25) is 4.79 Å². The summed E-state index contributed by atoms with van der Waals surface area (Å²) in [5, 5.41) is 0.221. The predicted molar refractivity (Wildman–Crippen MR) is 86.4 cm³/mol. The molecule has 2 nitrogen and oxygen atoms in total. The van der Waals surface area contributed by atoms with Crippen molar-refractivity contribution in [3.63, 3.8) is 0 Å². The first-order chi connectivity index (χ1) is 9.07. The van der Waals surface area contributed by atoms with E-state index >= 15 is 0 Å². The molecule has 2 aliphatic rings. The van der Waals surface area contributed by atoms with Crippen molar-refractivity contribution in [2.75, 3.05) is 0 Å². The number of carbonyl (C=O) groups excluding carboxylic acids is 1. The molecule has 2 rings (SSSR count). The third-order valence-corrected chi connectivity index (χ3v) is 10.6. The van der Waals surface area contributed by atoms with E-state index in [0.29, 0.717) is 5.78 Å². The molecule has 0 aromatic carbocycles. The Morgan fingerprint density at radius 3 is 2.40 bits per heavy atom. The second kappa shape index (κ2) is 5.24. The maximum Gasteiger partial charge on any atom is 0.192 e. The van der Waals surface area contributed by atoms with Crippen LogP contribution < -0.4 is 0 Å². The van der Waals surface area contributed by atoms with Crippen molar-refractivity contribution in [1.82, 2.24) is 0 Å². The average Bonchev–Trinajstić information content (AvgIpc) is 2.26. The van der Waals surface area contributed by atoms with Crippen LogP contribution in [0.15, 0.2) is 0 Å². The lowest BCUT2D eigenvalue weighted by atomic mass is 9.59. The van der Waals surface area contributed by atoms with Gasteiger partial charge in [-0.15, -0.1) is 0 Å². The standard InChI is InChI=1S/C17H32O2Si/c1-16(2,3)20(5,6)19-14-10-8-12-17(4)11-7-9-13(18)15(14)17/h14-15H,7-12H2,1-6H3/t14-,15+,17+/m0/s1. The van der Waals surface area contributed by atoms with E-state index in [1.807, 2.05) is 0 Å². The van der Waals surface area contributed by atoms with Crippen LogP contribution in [-0.2, 0) is 9.22 Å². The van der Waals surface area contributed by atoms with Crippen LogP contribution in [0.4, 0.5) is 0 Å². The molecule has 116 valence electrons. The van der Waals surface area contributed by atoms with Crippen molar-refractivity contribution in [3.8, 4) is 0 Å². The summed E-state index contributed by atoms with van der Waals surface area (Å²) < 4.78 is 6.67. The van der Waals surface area contributed by atoms with Crippen LogP contribution in [0, 0.1) is 11.3 Å². The van der Waals surface area contributed by atoms with Gasteiger partial charge in [0, 0.05) is 12.3 Å². The minimum Gasteiger partial charge on any atom is -0.413 e. The molecule has 0 aromatic heterocycles. The van der Waals surface area contributed by atoms with Gasteiger partial charge in [0.05, 0.1) is 6.10 Å². The molecular formula is C17H32O2Si. The second-order valence-electron chi connectivity index (χ2n) is 8.76. The van der Waals surface area contributed by atoms with Gasteiger partial charge in [0.25, 0.3) is 0 Å². The zero-order chi connectivity index (χ0) is 15.2. The van der Waals surface area contributed by atoms with Crippen LogP contribution in [0.5, 0.6) is 0 Å². The van der Waals surface area contributed by atoms with Gasteiger partial charge in [-0.25, -0.2) is 0 Å². The van der Waals surface area contributed by atoms with Crippen LogP contribution in [-0.4, -0.2) is 20.2 Å². The van der Waals surface area contributed by atoms with E-state index in [2.05, 4.69) is 40.8 Å². The first-order valence-corrected chi connectivity index (χ1v) is 11.2. The molecule has 0 unspecified atom stereocenters. The monoisotopic (exact) mass is 296 g/mol. The molecule has 0 radical (unpaired) electrons. The Morgan fingerprint density at radius 1 is 1.20 bits per heavy atom. The van der Waals surface area contributed by atoms with E-state index in [0.717, 1.165) is 19.3 Å². The van der Waals surface area contributed by atoms with Crippen LogP contribution in [0.25, 0.3) is 0 Å². The summed E-state index contributed by atoms with van der Waals surface area (Å²) in [5.41, 5.74) is 0.209. The molecule has 0 amide bonds. The zero-order valence-corrected chi connectivity index (χ0v) is 15.2. The van der Waals surface area contributed by atoms with Crippen molar-refractivity contribution in [2.45, 2.75) is 90.5 Å². The zero-order valence-electron chi connectivity index (χ0n) is 14.2. The Balaban J connectivity index is 2.21. The normalized spacial score (nSPS) is 35.8. The molecule has 2 fully saturated rings. The molecule has 0 aliphatic heterocycles. The molecule has 0 N–H and O–H groups in total. The van der Waals surface area contributed by atoms with Crippen molar-refractivity contribution >= 4 is 14.1 Å². The molecule has 20 heavy (non-hydrogen) atoms. The van der Waals surface area contributed by atoms with Crippen LogP contribution in [0.2, 0.25) is 18.1 Å². The van der Waals surface area contributed by atoms with Gasteiger partial charge in [-0.2, -0.15) is 0 Å². The summed E-state index contributed by atoms with van der Waals surface area (Å²) in [6, 6.07) is 0. The molecule has 0 aromatic rings. The highest BCUT2D eigenvalue weighted by atomic mass is 28.4. The number of hydrogen-bond donors (Lipinski definition) is 0. The molecule has 3 heteroatoms. The summed E-state index contributed by atoms with van der Waals surface area (Å²) in [4.78, 5) is 12.5. The Kier molecular flexibility index (Phi) is 4.25. The van der Waals surface area contributed by atoms with Crippen molar-refractivity contribution in [3.05, 3.63) is 0 Å². The van der Waals surface area contributed by atoms with Gasteiger partial charge in [-0.05, 0) is 49.2 Å². The minimum atomic E-state index is -1.78. The van der Waals surface area contributed by atoms with Gasteiger partial charge in [0.1, 0.15) is 5.78 Å². The Morgan fingerprint density at radius 2 is 1.80 bits per heavy atom. The van der Waals surface area contributed by atoms with Crippen LogP contribution in [0.3, 0.4) is 0 Å². The highest BCUT2D eigenvalue weighted by Crippen LogP contribution is 2.51. The number of hydrogen-bond acceptors (Lipinski definition) is 2. The summed E-state index contributed by atoms with van der Waals surface area (Å²) in [5.74, 6) is 0.640. The highest BCUT2D eigenvalue weighted by molar-refractivity contribution is 6.74. The fraction of sp³-hybridized carbons (Fsp3) is 0.941. The minimum absolute atomic E-state index is 0.166. The van der Waals surface area contributed by atoms with E-state index in [9.17, 15) is 4.79 Å². The predicted octanol–water partition coefficient (Wildman–Crippen LogP) is 4.94. The molecule has 2 aliphatic carbocycles. The van der Waals surface area contributed by atoms with Gasteiger partial charge >= 0.3 is 0 Å². The molecular weight excluding hydrogens is 264 g/mol. The highest BCUT2D eigenvalue weighted by Gasteiger charge is 2.51. The van der Waals surface area contributed by atoms with Crippen LogP contribution in [0.1, 0.15) is 66.2 Å². The van der Waals surface area contributed by atoms with Gasteiger partial charge in [0.2, 0.25) is 0 Å². The maximum atomic E-state index is 12.5. The fourth-order valence-corrected chi connectivity index (χ4v) is 5.22. The molecule has 3 atom stereocenters. The first kappa shape index (κ1) is 16.2. The van der Waals surface area contributed by atoms with Gasteiger partial charge in [-0.1, -0.05) is 34.1 Å². The summed E-state index contributed by atoms with van der Waals surface area (Å²) in [6.45, 7) is 13.8. The van der Waals surface area contributed by atoms with E-state index in [1.54, 1.807) is 0 Å². The van der Waals surface area contributed by atoms with Crippen LogP contribution >= 0.6 is 0 Å². The van der Waals surface area contributed by atoms with Crippen molar-refractivity contribution in [2.24, 2.45) is 11.3 Å². The lowest BCUT2D eigenvalue weighted by molar-refractivity contribution is -0.139. The Bertz CT molecular complexity index is 379. The second-order valence-corrected chi connectivity index (χ2v) is 13.5. The SMILES string of the molecule is CC(C)(C)[Si](C)(C)O[C@H]1CCC[C@@]2(C)CCCC(=O)[C@H]12. The molecule has 0 saturated heterocycles. The van der Waals surface area contributed by atoms with Crippen molar-refractivity contribution in [1.29, 1.82) is 0 Å².